The minimum Gasteiger partial charge on any atom is -0.503 e. The van der Waals surface area contributed by atoms with E-state index in [1.165, 1.54) is 19.3 Å². The van der Waals surface area contributed by atoms with Gasteiger partial charge in [-0.2, -0.15) is 0 Å². The van der Waals surface area contributed by atoms with Crippen molar-refractivity contribution in [2.75, 3.05) is 19.8 Å². The van der Waals surface area contributed by atoms with E-state index in [2.05, 4.69) is 11.8 Å². The molecule has 0 spiro atoms. The Bertz CT molecular complexity index is 542. The van der Waals surface area contributed by atoms with Gasteiger partial charge in [-0.05, 0) is 39.2 Å². The van der Waals surface area contributed by atoms with Crippen LogP contribution in [0.4, 0.5) is 0 Å². The molecule has 0 radical (unpaired) electrons. The van der Waals surface area contributed by atoms with E-state index in [-0.39, 0.29) is 11.2 Å². The molecule has 1 unspecified atom stereocenters. The standard InChI is InChI=1S/C18H30N2O3/c1-3-15-8-5-6-9-19(15)13-16-12-17(21)18(22)14-20(16)10-7-11-23-4-2/h12,14-15,22H,3-11,13H2,1-2H3. The highest BCUT2D eigenvalue weighted by molar-refractivity contribution is 5.20. The van der Waals surface area contributed by atoms with E-state index in [9.17, 15) is 9.90 Å². The van der Waals surface area contributed by atoms with Crippen molar-refractivity contribution in [2.45, 2.75) is 65.1 Å². The number of aryl methyl sites for hydroxylation is 1. The summed E-state index contributed by atoms with van der Waals surface area (Å²) in [6, 6.07) is 2.20. The van der Waals surface area contributed by atoms with Crippen LogP contribution in [0.15, 0.2) is 17.1 Å². The van der Waals surface area contributed by atoms with Crippen LogP contribution in [0, 0.1) is 0 Å². The second-order valence-electron chi connectivity index (χ2n) is 6.29. The topological polar surface area (TPSA) is 54.7 Å². The second kappa shape index (κ2) is 9.08. The minimum absolute atomic E-state index is 0.171. The first kappa shape index (κ1) is 18.0. The van der Waals surface area contributed by atoms with Gasteiger partial charge in [-0.15, -0.1) is 0 Å². The molecule has 1 aliphatic rings. The maximum atomic E-state index is 11.9. The van der Waals surface area contributed by atoms with Crippen LogP contribution in [-0.2, 0) is 17.8 Å². The average molecular weight is 322 g/mol. The highest BCUT2D eigenvalue weighted by Crippen LogP contribution is 2.22. The maximum absolute atomic E-state index is 11.9. The summed E-state index contributed by atoms with van der Waals surface area (Å²) in [5, 5.41) is 9.75. The molecule has 0 amide bonds. The predicted molar refractivity (Wildman–Crippen MR) is 91.8 cm³/mol. The Morgan fingerprint density at radius 2 is 2.17 bits per heavy atom. The molecule has 23 heavy (non-hydrogen) atoms. The van der Waals surface area contributed by atoms with Gasteiger partial charge in [0.1, 0.15) is 0 Å². The van der Waals surface area contributed by atoms with Crippen LogP contribution in [0.3, 0.4) is 0 Å². The van der Waals surface area contributed by atoms with Crippen molar-refractivity contribution in [2.24, 2.45) is 0 Å². The lowest BCUT2D eigenvalue weighted by Crippen LogP contribution is -2.39. The number of rotatable bonds is 8. The molecule has 1 fully saturated rings. The fraction of sp³-hybridized carbons (Fsp3) is 0.722. The van der Waals surface area contributed by atoms with E-state index in [4.69, 9.17) is 4.74 Å². The van der Waals surface area contributed by atoms with Gasteiger partial charge in [-0.25, -0.2) is 0 Å². The fourth-order valence-corrected chi connectivity index (χ4v) is 3.37. The van der Waals surface area contributed by atoms with Gasteiger partial charge >= 0.3 is 0 Å². The molecule has 1 N–H and O–H groups in total. The number of hydrogen-bond donors (Lipinski definition) is 1. The fourth-order valence-electron chi connectivity index (χ4n) is 3.37. The second-order valence-corrected chi connectivity index (χ2v) is 6.29. The molecule has 2 heterocycles. The van der Waals surface area contributed by atoms with Gasteiger partial charge in [0, 0.05) is 44.1 Å². The summed E-state index contributed by atoms with van der Waals surface area (Å²) < 4.78 is 7.40. The average Bonchev–Trinajstić information content (AvgIpc) is 2.56. The number of hydrogen-bond acceptors (Lipinski definition) is 4. The first-order valence-electron chi connectivity index (χ1n) is 8.89. The molecule has 5 heteroatoms. The Morgan fingerprint density at radius 3 is 2.91 bits per heavy atom. The molecule has 1 saturated heterocycles. The third-order valence-corrected chi connectivity index (χ3v) is 4.67. The number of piperidine rings is 1. The lowest BCUT2D eigenvalue weighted by molar-refractivity contribution is 0.129. The summed E-state index contributed by atoms with van der Waals surface area (Å²) in [5.41, 5.74) is 0.704. The Labute approximate surface area is 138 Å². The van der Waals surface area contributed by atoms with E-state index in [1.54, 1.807) is 12.3 Å². The molecule has 1 aromatic heterocycles. The molecule has 0 saturated carbocycles. The van der Waals surface area contributed by atoms with Crippen LogP contribution in [-0.4, -0.2) is 40.4 Å². The molecule has 1 atom stereocenters. The quantitative estimate of drug-likeness (QED) is 0.748. The largest absolute Gasteiger partial charge is 0.503 e. The number of aromatic hydroxyl groups is 1. The number of pyridine rings is 1. The highest BCUT2D eigenvalue weighted by Gasteiger charge is 2.22. The van der Waals surface area contributed by atoms with E-state index in [0.29, 0.717) is 19.3 Å². The molecule has 0 aromatic carbocycles. The van der Waals surface area contributed by atoms with Crippen LogP contribution in [0.5, 0.6) is 5.75 Å². The Balaban J connectivity index is 2.11. The number of nitrogens with zero attached hydrogens (tertiary/aromatic N) is 2. The molecule has 130 valence electrons. The smallest absolute Gasteiger partial charge is 0.223 e. The summed E-state index contributed by atoms with van der Waals surface area (Å²) in [6.45, 7) is 8.26. The molecular formula is C18H30N2O3. The lowest BCUT2D eigenvalue weighted by Gasteiger charge is -2.35. The number of likely N-dealkylation sites (tertiary alicyclic amines) is 1. The molecule has 1 aliphatic heterocycles. The summed E-state index contributed by atoms with van der Waals surface area (Å²) in [7, 11) is 0. The van der Waals surface area contributed by atoms with E-state index in [0.717, 1.165) is 38.2 Å². The third kappa shape index (κ3) is 5.08. The molecular weight excluding hydrogens is 292 g/mol. The van der Waals surface area contributed by atoms with Gasteiger partial charge in [0.2, 0.25) is 5.43 Å². The number of aromatic nitrogens is 1. The van der Waals surface area contributed by atoms with Gasteiger partial charge in [0.25, 0.3) is 0 Å². The van der Waals surface area contributed by atoms with Crippen LogP contribution < -0.4 is 5.43 Å². The van der Waals surface area contributed by atoms with Crippen molar-refractivity contribution in [1.82, 2.24) is 9.47 Å². The summed E-state index contributed by atoms with van der Waals surface area (Å²) in [6.07, 6.45) is 7.36. The first-order valence-corrected chi connectivity index (χ1v) is 8.89. The van der Waals surface area contributed by atoms with Gasteiger partial charge in [0.05, 0.1) is 6.20 Å². The zero-order valence-electron chi connectivity index (χ0n) is 14.5. The van der Waals surface area contributed by atoms with Crippen molar-refractivity contribution >= 4 is 0 Å². The monoisotopic (exact) mass is 322 g/mol. The lowest BCUT2D eigenvalue weighted by atomic mass is 10.00. The summed E-state index contributed by atoms with van der Waals surface area (Å²) >= 11 is 0. The molecule has 0 aliphatic carbocycles. The molecule has 5 nitrogen and oxygen atoms in total. The van der Waals surface area contributed by atoms with Crippen LogP contribution >= 0.6 is 0 Å². The van der Waals surface area contributed by atoms with E-state index >= 15 is 0 Å². The van der Waals surface area contributed by atoms with E-state index < -0.39 is 0 Å². The zero-order chi connectivity index (χ0) is 16.7. The third-order valence-electron chi connectivity index (χ3n) is 4.67. The molecule has 0 bridgehead atoms. The SMILES string of the molecule is CCOCCCn1cc(O)c(=O)cc1CN1CCCCC1CC. The summed E-state index contributed by atoms with van der Waals surface area (Å²) in [5.74, 6) is -0.171. The van der Waals surface area contributed by atoms with E-state index in [1.807, 2.05) is 11.5 Å². The van der Waals surface area contributed by atoms with Crippen molar-refractivity contribution in [3.63, 3.8) is 0 Å². The Morgan fingerprint density at radius 1 is 1.35 bits per heavy atom. The maximum Gasteiger partial charge on any atom is 0.223 e. The van der Waals surface area contributed by atoms with Crippen molar-refractivity contribution in [3.8, 4) is 5.75 Å². The van der Waals surface area contributed by atoms with Crippen LogP contribution in [0.2, 0.25) is 0 Å². The molecule has 1 aromatic rings. The Hall–Kier alpha value is -1.33. The first-order chi connectivity index (χ1) is 11.2. The predicted octanol–water partition coefficient (Wildman–Crippen LogP) is 2.75. The van der Waals surface area contributed by atoms with Crippen LogP contribution in [0.25, 0.3) is 0 Å². The van der Waals surface area contributed by atoms with Crippen molar-refractivity contribution < 1.29 is 9.84 Å². The van der Waals surface area contributed by atoms with Gasteiger partial charge < -0.3 is 14.4 Å². The summed E-state index contributed by atoms with van der Waals surface area (Å²) in [4.78, 5) is 14.3. The number of ether oxygens (including phenoxy) is 1. The van der Waals surface area contributed by atoms with Crippen molar-refractivity contribution in [3.05, 3.63) is 28.2 Å². The van der Waals surface area contributed by atoms with Gasteiger partial charge in [-0.3, -0.25) is 9.69 Å². The van der Waals surface area contributed by atoms with Crippen molar-refractivity contribution in [1.29, 1.82) is 0 Å². The molecule has 2 rings (SSSR count). The van der Waals surface area contributed by atoms with Gasteiger partial charge in [-0.1, -0.05) is 13.3 Å². The van der Waals surface area contributed by atoms with Gasteiger partial charge in [0.15, 0.2) is 5.75 Å². The zero-order valence-corrected chi connectivity index (χ0v) is 14.5. The highest BCUT2D eigenvalue weighted by atomic mass is 16.5. The Kier molecular flexibility index (Phi) is 7.12. The van der Waals surface area contributed by atoms with Crippen LogP contribution in [0.1, 0.15) is 51.6 Å². The normalized spacial score (nSPS) is 19.1. The minimum atomic E-state index is -0.286.